The van der Waals surface area contributed by atoms with Gasteiger partial charge in [0, 0.05) is 11.6 Å². The van der Waals surface area contributed by atoms with E-state index in [4.69, 9.17) is 5.11 Å². The van der Waals surface area contributed by atoms with E-state index in [0.29, 0.717) is 0 Å². The fraction of sp³-hybridized carbons (Fsp3) is 0.909. The molecule has 1 fully saturated rings. The molecule has 1 saturated carbocycles. The Kier molecular flexibility index (Phi) is 4.11. The molecule has 0 bridgehead atoms. The molecule has 0 aromatic heterocycles. The summed E-state index contributed by atoms with van der Waals surface area (Å²) in [7, 11) is 0. The van der Waals surface area contributed by atoms with Gasteiger partial charge in [0.05, 0.1) is 12.6 Å². The number of nitrogens with one attached hydrogen (secondary N) is 2. The summed E-state index contributed by atoms with van der Waals surface area (Å²) in [6.45, 7) is 5.99. The Hall–Kier alpha value is -0.610. The quantitative estimate of drug-likeness (QED) is 0.600. The fourth-order valence-electron chi connectivity index (χ4n) is 1.49. The van der Waals surface area contributed by atoms with Gasteiger partial charge in [0.2, 0.25) is 5.91 Å². The highest BCUT2D eigenvalue weighted by Gasteiger charge is 2.43. The van der Waals surface area contributed by atoms with Crippen molar-refractivity contribution in [1.82, 2.24) is 10.6 Å². The van der Waals surface area contributed by atoms with E-state index in [-0.39, 0.29) is 30.1 Å². The Morgan fingerprint density at radius 3 is 2.47 bits per heavy atom. The number of carbonyl (C=O) groups excluding carboxylic acids is 1. The summed E-state index contributed by atoms with van der Waals surface area (Å²) in [5.41, 5.74) is -0.174. The molecule has 1 aliphatic carbocycles. The van der Waals surface area contributed by atoms with Crippen LogP contribution in [0.4, 0.5) is 0 Å². The van der Waals surface area contributed by atoms with Crippen LogP contribution < -0.4 is 10.6 Å². The molecule has 2 unspecified atom stereocenters. The first kappa shape index (κ1) is 12.5. The number of rotatable bonds is 6. The fourth-order valence-corrected chi connectivity index (χ4v) is 1.49. The highest BCUT2D eigenvalue weighted by molar-refractivity contribution is 5.81. The zero-order valence-electron chi connectivity index (χ0n) is 9.84. The topological polar surface area (TPSA) is 61.4 Å². The number of aliphatic hydroxyl groups excluding tert-OH is 1. The van der Waals surface area contributed by atoms with Crippen molar-refractivity contribution in [3.63, 3.8) is 0 Å². The van der Waals surface area contributed by atoms with Crippen LogP contribution in [0, 0.1) is 0 Å². The van der Waals surface area contributed by atoms with Crippen molar-refractivity contribution in [3.05, 3.63) is 0 Å². The lowest BCUT2D eigenvalue weighted by Gasteiger charge is -2.22. The Balaban J connectivity index is 2.33. The maximum atomic E-state index is 11.7. The third kappa shape index (κ3) is 3.47. The van der Waals surface area contributed by atoms with Crippen molar-refractivity contribution < 1.29 is 9.90 Å². The normalized spacial score (nSPS) is 21.9. The summed E-state index contributed by atoms with van der Waals surface area (Å²) < 4.78 is 0. The molecule has 88 valence electrons. The van der Waals surface area contributed by atoms with Gasteiger partial charge in [-0.15, -0.1) is 0 Å². The van der Waals surface area contributed by atoms with Crippen molar-refractivity contribution in [2.75, 3.05) is 6.61 Å². The predicted molar refractivity (Wildman–Crippen MR) is 59.5 cm³/mol. The van der Waals surface area contributed by atoms with Gasteiger partial charge in [-0.25, -0.2) is 0 Å². The number of carbonyl (C=O) groups is 1. The van der Waals surface area contributed by atoms with E-state index in [2.05, 4.69) is 10.6 Å². The number of hydrogen-bond donors (Lipinski definition) is 3. The Bertz CT molecular complexity index is 227. The summed E-state index contributed by atoms with van der Waals surface area (Å²) in [5.74, 6) is 0.0177. The lowest BCUT2D eigenvalue weighted by molar-refractivity contribution is -0.123. The molecule has 15 heavy (non-hydrogen) atoms. The van der Waals surface area contributed by atoms with Crippen LogP contribution in [0.15, 0.2) is 0 Å². The van der Waals surface area contributed by atoms with Crippen LogP contribution in [-0.4, -0.2) is 35.2 Å². The summed E-state index contributed by atoms with van der Waals surface area (Å²) >= 11 is 0. The molecule has 2 atom stereocenters. The summed E-state index contributed by atoms with van der Waals surface area (Å²) in [5, 5.41) is 15.2. The smallest absolute Gasteiger partial charge is 0.237 e. The summed E-state index contributed by atoms with van der Waals surface area (Å²) in [6, 6.07) is -0.0142. The molecule has 0 heterocycles. The van der Waals surface area contributed by atoms with E-state index in [9.17, 15) is 4.79 Å². The molecule has 0 saturated heterocycles. The van der Waals surface area contributed by atoms with Gasteiger partial charge in [0.15, 0.2) is 0 Å². The average Bonchev–Trinajstić information content (AvgIpc) is 2.98. The lowest BCUT2D eigenvalue weighted by atomic mass is 10.2. The van der Waals surface area contributed by atoms with Gasteiger partial charge >= 0.3 is 0 Å². The monoisotopic (exact) mass is 214 g/mol. The maximum absolute atomic E-state index is 11.7. The van der Waals surface area contributed by atoms with Crippen LogP contribution in [0.25, 0.3) is 0 Å². The highest BCUT2D eigenvalue weighted by atomic mass is 16.3. The zero-order valence-corrected chi connectivity index (χ0v) is 9.84. The minimum Gasteiger partial charge on any atom is -0.394 e. The van der Waals surface area contributed by atoms with E-state index in [0.717, 1.165) is 19.3 Å². The van der Waals surface area contributed by atoms with Crippen molar-refractivity contribution in [2.24, 2.45) is 0 Å². The first-order valence-electron chi connectivity index (χ1n) is 5.72. The van der Waals surface area contributed by atoms with Gasteiger partial charge in [-0.2, -0.15) is 0 Å². The van der Waals surface area contributed by atoms with Crippen molar-refractivity contribution in [3.8, 4) is 0 Å². The van der Waals surface area contributed by atoms with E-state index in [1.165, 1.54) is 0 Å². The Morgan fingerprint density at radius 1 is 1.47 bits per heavy atom. The van der Waals surface area contributed by atoms with Gasteiger partial charge in [0.1, 0.15) is 0 Å². The molecular weight excluding hydrogens is 192 g/mol. The third-order valence-corrected chi connectivity index (χ3v) is 3.07. The third-order valence-electron chi connectivity index (χ3n) is 3.07. The molecule has 0 radical (unpaired) electrons. The van der Waals surface area contributed by atoms with E-state index in [1.54, 1.807) is 0 Å². The molecule has 0 aromatic carbocycles. The van der Waals surface area contributed by atoms with Crippen LogP contribution in [0.2, 0.25) is 0 Å². The minimum atomic E-state index is -0.228. The number of hydrogen-bond acceptors (Lipinski definition) is 3. The first-order valence-corrected chi connectivity index (χ1v) is 5.72. The van der Waals surface area contributed by atoms with Crippen molar-refractivity contribution in [1.29, 1.82) is 0 Å². The Labute approximate surface area is 91.4 Å². The molecule has 4 nitrogen and oxygen atoms in total. The van der Waals surface area contributed by atoms with E-state index < -0.39 is 0 Å². The molecule has 0 spiro atoms. The van der Waals surface area contributed by atoms with Crippen LogP contribution in [0.1, 0.15) is 40.0 Å². The van der Waals surface area contributed by atoms with Crippen LogP contribution in [0.3, 0.4) is 0 Å². The second-order valence-corrected chi connectivity index (χ2v) is 4.62. The summed E-state index contributed by atoms with van der Waals surface area (Å²) in [6.07, 6.45) is 2.86. The van der Waals surface area contributed by atoms with Gasteiger partial charge in [-0.05, 0) is 33.1 Å². The highest BCUT2D eigenvalue weighted by Crippen LogP contribution is 2.34. The lowest BCUT2D eigenvalue weighted by Crippen LogP contribution is -2.50. The molecule has 4 heteroatoms. The SMILES string of the molecule is CCC(C)NC(=O)C(C)NC1(CO)CC1. The molecule has 1 rings (SSSR count). The van der Waals surface area contributed by atoms with Gasteiger partial charge in [-0.3, -0.25) is 10.1 Å². The Morgan fingerprint density at radius 2 is 2.07 bits per heavy atom. The summed E-state index contributed by atoms with van der Waals surface area (Å²) in [4.78, 5) is 11.7. The minimum absolute atomic E-state index is 0.0177. The van der Waals surface area contributed by atoms with Crippen LogP contribution in [0.5, 0.6) is 0 Å². The van der Waals surface area contributed by atoms with Crippen molar-refractivity contribution in [2.45, 2.75) is 57.7 Å². The second kappa shape index (κ2) is 4.94. The first-order chi connectivity index (χ1) is 7.03. The molecule has 1 aliphatic rings. The molecular formula is C11H22N2O2. The number of aliphatic hydroxyl groups is 1. The molecule has 0 aromatic rings. The predicted octanol–water partition coefficient (Wildman–Crippen LogP) is 0.404. The maximum Gasteiger partial charge on any atom is 0.237 e. The van der Waals surface area contributed by atoms with E-state index in [1.807, 2.05) is 20.8 Å². The zero-order chi connectivity index (χ0) is 11.5. The molecule has 1 amide bonds. The number of amides is 1. The van der Waals surface area contributed by atoms with Gasteiger partial charge in [-0.1, -0.05) is 6.92 Å². The van der Waals surface area contributed by atoms with Crippen molar-refractivity contribution >= 4 is 5.91 Å². The molecule has 0 aliphatic heterocycles. The van der Waals surface area contributed by atoms with Gasteiger partial charge in [0.25, 0.3) is 0 Å². The van der Waals surface area contributed by atoms with Crippen LogP contribution >= 0.6 is 0 Å². The van der Waals surface area contributed by atoms with Crippen LogP contribution in [-0.2, 0) is 4.79 Å². The average molecular weight is 214 g/mol. The van der Waals surface area contributed by atoms with Gasteiger partial charge < -0.3 is 10.4 Å². The standard InChI is InChI=1S/C11H22N2O2/c1-4-8(2)12-10(15)9(3)13-11(7-14)5-6-11/h8-9,13-14H,4-7H2,1-3H3,(H,12,15). The van der Waals surface area contributed by atoms with E-state index >= 15 is 0 Å². The molecule has 3 N–H and O–H groups in total. The largest absolute Gasteiger partial charge is 0.394 e. The second-order valence-electron chi connectivity index (χ2n) is 4.62.